The minimum absolute atomic E-state index is 0.505. The third-order valence-electron chi connectivity index (χ3n) is 3.83. The number of halogens is 1. The first-order chi connectivity index (χ1) is 8.24. The van der Waals surface area contributed by atoms with E-state index in [9.17, 15) is 0 Å². The first-order valence-corrected chi connectivity index (χ1v) is 7.19. The zero-order chi connectivity index (χ0) is 12.3. The monoisotopic (exact) mass is 300 g/mol. The van der Waals surface area contributed by atoms with Gasteiger partial charge in [-0.15, -0.1) is 0 Å². The molecule has 2 N–H and O–H groups in total. The highest BCUT2D eigenvalue weighted by Crippen LogP contribution is 2.28. The van der Waals surface area contributed by atoms with Gasteiger partial charge in [-0.25, -0.2) is 0 Å². The molecule has 1 fully saturated rings. The summed E-state index contributed by atoms with van der Waals surface area (Å²) in [5, 5.41) is 0. The van der Waals surface area contributed by atoms with Crippen molar-refractivity contribution in [2.45, 2.75) is 38.8 Å². The zero-order valence-corrected chi connectivity index (χ0v) is 11.9. The van der Waals surface area contributed by atoms with Crippen LogP contribution in [0.3, 0.4) is 0 Å². The van der Waals surface area contributed by atoms with Crippen LogP contribution in [0.4, 0.5) is 0 Å². The topological polar surface area (TPSA) is 42.4 Å². The number of piperidine rings is 1. The molecule has 17 heavy (non-hydrogen) atoms. The van der Waals surface area contributed by atoms with E-state index in [0.717, 1.165) is 35.8 Å². The number of nitrogens with two attached hydrogens (primary N) is 1. The van der Waals surface area contributed by atoms with E-state index >= 15 is 0 Å². The smallest absolute Gasteiger partial charge is 0.131 e. The second-order valence-corrected chi connectivity index (χ2v) is 5.70. The van der Waals surface area contributed by atoms with Crippen LogP contribution in [0.2, 0.25) is 0 Å². The fourth-order valence-corrected chi connectivity index (χ4v) is 2.96. The van der Waals surface area contributed by atoms with Crippen LogP contribution >= 0.6 is 15.9 Å². The van der Waals surface area contributed by atoms with Crippen molar-refractivity contribution in [3.05, 3.63) is 22.6 Å². The number of nitrogens with zero attached hydrogens (tertiary/aromatic N) is 1. The molecule has 96 valence electrons. The average molecular weight is 301 g/mol. The molecule has 1 aliphatic rings. The van der Waals surface area contributed by atoms with Gasteiger partial charge in [0.2, 0.25) is 0 Å². The summed E-state index contributed by atoms with van der Waals surface area (Å²) in [6.45, 7) is 5.02. The lowest BCUT2D eigenvalue weighted by Crippen LogP contribution is -2.45. The highest BCUT2D eigenvalue weighted by atomic mass is 79.9. The summed E-state index contributed by atoms with van der Waals surface area (Å²) in [4.78, 5) is 2.45. The van der Waals surface area contributed by atoms with Gasteiger partial charge in [-0.3, -0.25) is 4.90 Å². The quantitative estimate of drug-likeness (QED) is 0.929. The highest BCUT2D eigenvalue weighted by molar-refractivity contribution is 9.10. The van der Waals surface area contributed by atoms with Crippen LogP contribution in [0.1, 0.15) is 31.9 Å². The predicted molar refractivity (Wildman–Crippen MR) is 72.7 cm³/mol. The maximum Gasteiger partial charge on any atom is 0.131 e. The van der Waals surface area contributed by atoms with Gasteiger partial charge in [0, 0.05) is 12.6 Å². The van der Waals surface area contributed by atoms with E-state index in [0.29, 0.717) is 6.04 Å². The molecule has 0 aliphatic carbocycles. The minimum atomic E-state index is 0.505. The van der Waals surface area contributed by atoms with E-state index in [2.05, 4.69) is 27.8 Å². The number of hydrogen-bond donors (Lipinski definition) is 1. The van der Waals surface area contributed by atoms with Crippen LogP contribution in [0.25, 0.3) is 0 Å². The maximum absolute atomic E-state index is 5.89. The molecular formula is C13H21BrN2O. The highest BCUT2D eigenvalue weighted by Gasteiger charge is 2.27. The second-order valence-electron chi connectivity index (χ2n) is 4.85. The van der Waals surface area contributed by atoms with E-state index in [1.807, 2.05) is 6.07 Å². The molecule has 0 aromatic carbocycles. The lowest BCUT2D eigenvalue weighted by molar-refractivity contribution is 0.0996. The van der Waals surface area contributed by atoms with Gasteiger partial charge in [0.25, 0.3) is 0 Å². The van der Waals surface area contributed by atoms with Crippen molar-refractivity contribution in [3.8, 4) is 0 Å². The van der Waals surface area contributed by atoms with Gasteiger partial charge in [-0.1, -0.05) is 13.3 Å². The molecule has 2 heterocycles. The molecule has 1 aromatic heterocycles. The van der Waals surface area contributed by atoms with Gasteiger partial charge in [-0.2, -0.15) is 0 Å². The predicted octanol–water partition coefficient (Wildman–Crippen LogP) is 2.99. The van der Waals surface area contributed by atoms with Crippen molar-refractivity contribution >= 4 is 15.9 Å². The molecule has 3 nitrogen and oxygen atoms in total. The molecular weight excluding hydrogens is 280 g/mol. The van der Waals surface area contributed by atoms with Gasteiger partial charge >= 0.3 is 0 Å². The van der Waals surface area contributed by atoms with E-state index in [1.54, 1.807) is 6.26 Å². The van der Waals surface area contributed by atoms with E-state index in [4.69, 9.17) is 10.2 Å². The Hall–Kier alpha value is -0.320. The Balaban J connectivity index is 1.98. The van der Waals surface area contributed by atoms with Crippen LogP contribution in [-0.4, -0.2) is 24.0 Å². The van der Waals surface area contributed by atoms with Crippen molar-refractivity contribution < 1.29 is 4.42 Å². The van der Waals surface area contributed by atoms with Crippen molar-refractivity contribution in [2.24, 2.45) is 11.7 Å². The summed E-state index contributed by atoms with van der Waals surface area (Å²) < 4.78 is 6.54. The van der Waals surface area contributed by atoms with Crippen molar-refractivity contribution in [2.75, 3.05) is 13.1 Å². The maximum atomic E-state index is 5.89. The Labute approximate surface area is 111 Å². The summed E-state index contributed by atoms with van der Waals surface area (Å²) in [7, 11) is 0. The lowest BCUT2D eigenvalue weighted by Gasteiger charge is -2.38. The fourth-order valence-electron chi connectivity index (χ4n) is 2.63. The summed E-state index contributed by atoms with van der Waals surface area (Å²) >= 11 is 3.51. The Bertz CT molecular complexity index is 353. The van der Waals surface area contributed by atoms with Crippen molar-refractivity contribution in [3.63, 3.8) is 0 Å². The van der Waals surface area contributed by atoms with Gasteiger partial charge in [0.15, 0.2) is 0 Å². The first-order valence-electron chi connectivity index (χ1n) is 6.40. The van der Waals surface area contributed by atoms with E-state index in [1.165, 1.54) is 19.3 Å². The van der Waals surface area contributed by atoms with Crippen LogP contribution < -0.4 is 5.73 Å². The number of likely N-dealkylation sites (tertiary alicyclic amines) is 1. The largest absolute Gasteiger partial charge is 0.467 e. The van der Waals surface area contributed by atoms with E-state index in [-0.39, 0.29) is 0 Å². The Morgan fingerprint density at radius 3 is 3.00 bits per heavy atom. The van der Waals surface area contributed by atoms with Gasteiger partial charge < -0.3 is 10.2 Å². The summed E-state index contributed by atoms with van der Waals surface area (Å²) in [5.74, 6) is 1.86. The van der Waals surface area contributed by atoms with Crippen molar-refractivity contribution in [1.29, 1.82) is 0 Å². The molecule has 1 saturated heterocycles. The molecule has 1 aromatic rings. The number of hydrogen-bond acceptors (Lipinski definition) is 3. The summed E-state index contributed by atoms with van der Waals surface area (Å²) in [6.07, 6.45) is 5.51. The molecule has 1 aliphatic heterocycles. The standard InChI is InChI=1S/C13H21BrN2O/c1-2-10-3-5-16(11(7-10)8-15)9-13-12(14)4-6-17-13/h4,6,10-11H,2-3,5,7-9,15H2,1H3. The van der Waals surface area contributed by atoms with Crippen LogP contribution in [0.15, 0.2) is 21.2 Å². The van der Waals surface area contributed by atoms with Gasteiger partial charge in [0.1, 0.15) is 5.76 Å². The lowest BCUT2D eigenvalue weighted by atomic mass is 9.89. The summed E-state index contributed by atoms with van der Waals surface area (Å²) in [5.41, 5.74) is 5.89. The van der Waals surface area contributed by atoms with Gasteiger partial charge in [0.05, 0.1) is 17.3 Å². The van der Waals surface area contributed by atoms with Crippen LogP contribution in [-0.2, 0) is 6.54 Å². The molecule has 0 saturated carbocycles. The zero-order valence-electron chi connectivity index (χ0n) is 10.4. The fraction of sp³-hybridized carbons (Fsp3) is 0.692. The molecule has 0 radical (unpaired) electrons. The van der Waals surface area contributed by atoms with E-state index < -0.39 is 0 Å². The van der Waals surface area contributed by atoms with Crippen molar-refractivity contribution in [1.82, 2.24) is 4.90 Å². The molecule has 0 amide bonds. The van der Waals surface area contributed by atoms with Crippen LogP contribution in [0, 0.1) is 5.92 Å². The molecule has 2 rings (SSSR count). The molecule has 0 spiro atoms. The Morgan fingerprint density at radius 2 is 2.41 bits per heavy atom. The molecule has 2 unspecified atom stereocenters. The Morgan fingerprint density at radius 1 is 1.59 bits per heavy atom. The van der Waals surface area contributed by atoms with Gasteiger partial charge in [-0.05, 0) is 47.3 Å². The van der Waals surface area contributed by atoms with Crippen LogP contribution in [0.5, 0.6) is 0 Å². The number of furan rings is 1. The second kappa shape index (κ2) is 6.03. The Kier molecular flexibility index (Phi) is 4.65. The molecule has 4 heteroatoms. The normalized spacial score (nSPS) is 26.3. The first kappa shape index (κ1) is 13.1. The third-order valence-corrected chi connectivity index (χ3v) is 4.54. The SMILES string of the molecule is CCC1CCN(Cc2occc2Br)C(CN)C1. The number of rotatable bonds is 4. The minimum Gasteiger partial charge on any atom is -0.467 e. The third kappa shape index (κ3) is 3.12. The molecule has 0 bridgehead atoms. The molecule has 2 atom stereocenters. The summed E-state index contributed by atoms with van der Waals surface area (Å²) in [6, 6.07) is 2.46. The average Bonchev–Trinajstić information content (AvgIpc) is 2.75.